The van der Waals surface area contributed by atoms with E-state index in [0.29, 0.717) is 13.0 Å². The highest BCUT2D eigenvalue weighted by Gasteiger charge is 2.06. The van der Waals surface area contributed by atoms with Crippen LogP contribution in [0.2, 0.25) is 0 Å². The summed E-state index contributed by atoms with van der Waals surface area (Å²) in [5.74, 6) is -0.119. The van der Waals surface area contributed by atoms with Crippen molar-refractivity contribution in [2.45, 2.75) is 6.42 Å². The maximum Gasteiger partial charge on any atom is 0.228 e. The predicted molar refractivity (Wildman–Crippen MR) is 28.2 cm³/mol. The Balaban J connectivity index is 2.57. The maximum absolute atomic E-state index is 10.4. The average molecular weight is 112 g/mol. The van der Waals surface area contributed by atoms with E-state index in [4.69, 9.17) is 5.73 Å². The highest BCUT2D eigenvalue weighted by atomic mass is 16.1. The highest BCUT2D eigenvalue weighted by Crippen LogP contribution is 1.87. The summed E-state index contributed by atoms with van der Waals surface area (Å²) < 4.78 is 0. The first-order valence-electron chi connectivity index (χ1n) is 2.35. The average Bonchev–Trinajstić information content (AvgIpc) is 1.64. The predicted octanol–water partition coefficient (Wildman–Crippen LogP) is -0.855. The van der Waals surface area contributed by atoms with Crippen LogP contribution < -0.4 is 11.1 Å². The van der Waals surface area contributed by atoms with Crippen LogP contribution in [0.25, 0.3) is 0 Å². The molecule has 43 valence electrons. The number of carbonyl (C=O) groups is 1. The summed E-state index contributed by atoms with van der Waals surface area (Å²) in [6, 6.07) is 0. The Morgan fingerprint density at radius 2 is 2.50 bits per heavy atom. The molecule has 4 nitrogen and oxygen atoms in total. The van der Waals surface area contributed by atoms with Gasteiger partial charge in [-0.25, -0.2) is 0 Å². The van der Waals surface area contributed by atoms with Gasteiger partial charge in [0.25, 0.3) is 0 Å². The van der Waals surface area contributed by atoms with Crippen LogP contribution in [0.4, 0.5) is 0 Å². The first-order valence-corrected chi connectivity index (χ1v) is 2.35. The molecule has 4 heteroatoms. The van der Waals surface area contributed by atoms with Crippen LogP contribution in [-0.4, -0.2) is 18.4 Å². The monoisotopic (exact) mass is 112 g/mol. The SMILES string of the molecule is [NH]C1=NCCC(=O)N1. The minimum Gasteiger partial charge on any atom is -0.295 e. The van der Waals surface area contributed by atoms with Gasteiger partial charge in [-0.15, -0.1) is 0 Å². The van der Waals surface area contributed by atoms with Gasteiger partial charge in [-0.1, -0.05) is 0 Å². The van der Waals surface area contributed by atoms with E-state index in [1.807, 2.05) is 0 Å². The zero-order chi connectivity index (χ0) is 5.98. The molecular formula is C4H6N3O. The number of hydrogen-bond acceptors (Lipinski definition) is 2. The molecule has 0 fully saturated rings. The van der Waals surface area contributed by atoms with Crippen molar-refractivity contribution in [3.8, 4) is 0 Å². The molecule has 0 aromatic carbocycles. The van der Waals surface area contributed by atoms with Crippen LogP contribution in [0.5, 0.6) is 0 Å². The summed E-state index contributed by atoms with van der Waals surface area (Å²) >= 11 is 0. The third kappa shape index (κ3) is 0.959. The Kier molecular flexibility index (Phi) is 1.15. The van der Waals surface area contributed by atoms with Gasteiger partial charge in [0.1, 0.15) is 0 Å². The topological polar surface area (TPSA) is 65.3 Å². The quantitative estimate of drug-likeness (QED) is 0.435. The normalized spacial score (nSPS) is 19.5. The lowest BCUT2D eigenvalue weighted by Gasteiger charge is -2.06. The van der Waals surface area contributed by atoms with Gasteiger partial charge in [-0.2, -0.15) is 0 Å². The minimum absolute atomic E-state index is 0.0127. The molecule has 0 aromatic rings. The zero-order valence-corrected chi connectivity index (χ0v) is 4.27. The number of guanidine groups is 1. The van der Waals surface area contributed by atoms with Crippen molar-refractivity contribution in [3.63, 3.8) is 0 Å². The fraction of sp³-hybridized carbons (Fsp3) is 0.500. The summed E-state index contributed by atoms with van der Waals surface area (Å²) in [6.45, 7) is 0.463. The Labute approximate surface area is 46.8 Å². The second-order valence-corrected chi connectivity index (χ2v) is 1.53. The van der Waals surface area contributed by atoms with Crippen LogP contribution in [0.1, 0.15) is 6.42 Å². The number of hydrogen-bond donors (Lipinski definition) is 1. The Bertz CT molecular complexity index is 140. The summed E-state index contributed by atoms with van der Waals surface area (Å²) in [5, 5.41) is 2.26. The molecule has 0 spiro atoms. The Hall–Kier alpha value is -1.06. The van der Waals surface area contributed by atoms with Crippen molar-refractivity contribution in [1.29, 1.82) is 0 Å². The number of rotatable bonds is 0. The van der Waals surface area contributed by atoms with E-state index in [0.717, 1.165) is 0 Å². The molecule has 0 aromatic heterocycles. The van der Waals surface area contributed by atoms with Gasteiger partial charge in [-0.3, -0.25) is 20.8 Å². The Morgan fingerprint density at radius 1 is 1.75 bits per heavy atom. The van der Waals surface area contributed by atoms with Gasteiger partial charge in [0, 0.05) is 6.42 Å². The lowest BCUT2D eigenvalue weighted by atomic mass is 10.4. The molecule has 1 aliphatic rings. The van der Waals surface area contributed by atoms with Crippen LogP contribution >= 0.6 is 0 Å². The van der Waals surface area contributed by atoms with Crippen molar-refractivity contribution in [2.75, 3.05) is 6.54 Å². The van der Waals surface area contributed by atoms with Crippen LogP contribution in [0, 0.1) is 0 Å². The van der Waals surface area contributed by atoms with Gasteiger partial charge < -0.3 is 0 Å². The van der Waals surface area contributed by atoms with E-state index in [9.17, 15) is 4.79 Å². The van der Waals surface area contributed by atoms with Gasteiger partial charge in [-0.05, 0) is 0 Å². The van der Waals surface area contributed by atoms with E-state index in [1.165, 1.54) is 0 Å². The van der Waals surface area contributed by atoms with Crippen LogP contribution in [0.15, 0.2) is 4.99 Å². The second-order valence-electron chi connectivity index (χ2n) is 1.53. The molecule has 1 radical (unpaired) electrons. The standard InChI is InChI=1S/C4H6N3O/c5-4-6-2-1-3(8)7-4/h5H,1-2H2,(H,6,7,8). The highest BCUT2D eigenvalue weighted by molar-refractivity contribution is 5.97. The largest absolute Gasteiger partial charge is 0.295 e. The fourth-order valence-electron chi connectivity index (χ4n) is 0.503. The van der Waals surface area contributed by atoms with E-state index < -0.39 is 0 Å². The molecule has 0 saturated heterocycles. The summed E-state index contributed by atoms with van der Waals surface area (Å²) in [6.07, 6.45) is 0.419. The fourth-order valence-corrected chi connectivity index (χ4v) is 0.503. The molecule has 0 saturated carbocycles. The van der Waals surface area contributed by atoms with E-state index in [2.05, 4.69) is 10.3 Å². The second kappa shape index (κ2) is 1.81. The van der Waals surface area contributed by atoms with Crippen molar-refractivity contribution in [3.05, 3.63) is 0 Å². The van der Waals surface area contributed by atoms with Gasteiger partial charge in [0.15, 0.2) is 0 Å². The third-order valence-corrected chi connectivity index (χ3v) is 0.867. The number of amides is 1. The third-order valence-electron chi connectivity index (χ3n) is 0.867. The molecule has 1 aliphatic heterocycles. The molecule has 0 unspecified atom stereocenters. The van der Waals surface area contributed by atoms with Crippen LogP contribution in [-0.2, 0) is 4.79 Å². The molecule has 1 heterocycles. The van der Waals surface area contributed by atoms with Gasteiger partial charge >= 0.3 is 0 Å². The number of aliphatic imine (C=N–C) groups is 1. The Morgan fingerprint density at radius 3 is 2.88 bits per heavy atom. The molecular weight excluding hydrogens is 106 g/mol. The first-order chi connectivity index (χ1) is 3.79. The summed E-state index contributed by atoms with van der Waals surface area (Å²) in [5.41, 5.74) is 6.82. The molecule has 1 rings (SSSR count). The lowest BCUT2D eigenvalue weighted by molar-refractivity contribution is -0.119. The molecule has 2 N–H and O–H groups in total. The smallest absolute Gasteiger partial charge is 0.228 e. The molecule has 0 bridgehead atoms. The number of nitrogens with one attached hydrogen (secondary N) is 2. The van der Waals surface area contributed by atoms with Crippen molar-refractivity contribution < 1.29 is 4.79 Å². The number of carbonyl (C=O) groups excluding carboxylic acids is 1. The molecule has 8 heavy (non-hydrogen) atoms. The zero-order valence-electron chi connectivity index (χ0n) is 4.27. The van der Waals surface area contributed by atoms with Gasteiger partial charge in [0.05, 0.1) is 6.54 Å². The lowest BCUT2D eigenvalue weighted by Crippen LogP contribution is -2.35. The van der Waals surface area contributed by atoms with E-state index >= 15 is 0 Å². The number of nitrogens with zero attached hydrogens (tertiary/aromatic N) is 1. The van der Waals surface area contributed by atoms with Gasteiger partial charge in [0.2, 0.25) is 11.9 Å². The minimum atomic E-state index is -0.106. The van der Waals surface area contributed by atoms with Crippen molar-refractivity contribution in [2.24, 2.45) is 4.99 Å². The molecule has 0 atom stereocenters. The maximum atomic E-state index is 10.4. The first kappa shape index (κ1) is 5.08. The van der Waals surface area contributed by atoms with E-state index in [-0.39, 0.29) is 11.9 Å². The van der Waals surface area contributed by atoms with E-state index in [1.54, 1.807) is 0 Å². The van der Waals surface area contributed by atoms with Crippen LogP contribution in [0.3, 0.4) is 0 Å². The summed E-state index contributed by atoms with van der Waals surface area (Å²) in [4.78, 5) is 14.0. The molecule has 0 aliphatic carbocycles. The van der Waals surface area contributed by atoms with Crippen molar-refractivity contribution >= 4 is 11.9 Å². The molecule has 1 amide bonds. The summed E-state index contributed by atoms with van der Waals surface area (Å²) in [7, 11) is 0. The van der Waals surface area contributed by atoms with Crippen molar-refractivity contribution in [1.82, 2.24) is 11.1 Å².